The second-order valence-electron chi connectivity index (χ2n) is 11.3. The molecule has 4 aliphatic heterocycles. The van der Waals surface area contributed by atoms with Gasteiger partial charge in [0, 0.05) is 30.6 Å². The molecule has 210 valence electrons. The Balaban J connectivity index is 1.59. The van der Waals surface area contributed by atoms with E-state index in [1.54, 1.807) is 21.6 Å². The molecule has 1 N–H and O–H groups in total. The summed E-state index contributed by atoms with van der Waals surface area (Å²) in [6.45, 7) is 7.58. The highest BCUT2D eigenvalue weighted by Crippen LogP contribution is 2.61. The largest absolute Gasteiger partial charge is 0.394 e. The topological polar surface area (TPSA) is 81.2 Å². The van der Waals surface area contributed by atoms with Crippen LogP contribution in [0.25, 0.3) is 0 Å². The van der Waals surface area contributed by atoms with E-state index in [0.29, 0.717) is 19.6 Å². The minimum absolute atomic E-state index is 0.00902. The lowest BCUT2D eigenvalue weighted by molar-refractivity contribution is -0.146. The lowest BCUT2D eigenvalue weighted by Crippen LogP contribution is -2.57. The molecule has 3 amide bonds. The van der Waals surface area contributed by atoms with Crippen LogP contribution in [0.5, 0.6) is 0 Å². The zero-order valence-electron chi connectivity index (χ0n) is 23.2. The van der Waals surface area contributed by atoms with Crippen LogP contribution in [-0.4, -0.2) is 80.9 Å². The molecule has 2 saturated heterocycles. The van der Waals surface area contributed by atoms with Gasteiger partial charge in [-0.2, -0.15) is 0 Å². The summed E-state index contributed by atoms with van der Waals surface area (Å²) in [6, 6.07) is 8.36. The number of nitrogens with zero attached hydrogens (tertiary/aromatic N) is 3. The maximum Gasteiger partial charge on any atom is 0.247 e. The van der Waals surface area contributed by atoms with Crippen LogP contribution in [0.1, 0.15) is 46.5 Å². The SMILES string of the molecule is CCCCCN1CC=C[C@]23S[C@@H]4C=CCN(c5ccccc5)C(=O)[C@@H]4[C@H]2C(=O)N([C@@H](CO)[C@@H](C)CC)C3C1=O. The highest BCUT2D eigenvalue weighted by atomic mass is 32.2. The zero-order valence-corrected chi connectivity index (χ0v) is 24.1. The number of likely N-dealkylation sites (tertiary alicyclic amines) is 1. The Labute approximate surface area is 236 Å². The van der Waals surface area contributed by atoms with Crippen LogP contribution in [0.15, 0.2) is 54.6 Å². The Morgan fingerprint density at radius 1 is 1.03 bits per heavy atom. The number of para-hydroxylation sites is 1. The maximum absolute atomic E-state index is 14.6. The van der Waals surface area contributed by atoms with Crippen LogP contribution in [-0.2, 0) is 14.4 Å². The number of thioether (sulfide) groups is 1. The normalized spacial score (nSPS) is 31.6. The minimum Gasteiger partial charge on any atom is -0.394 e. The van der Waals surface area contributed by atoms with Gasteiger partial charge in [-0.15, -0.1) is 11.8 Å². The number of unbranched alkanes of at least 4 members (excludes halogenated alkanes) is 2. The van der Waals surface area contributed by atoms with E-state index in [4.69, 9.17) is 0 Å². The third-order valence-corrected chi connectivity index (χ3v) is 10.9. The number of carbonyl (C=O) groups excluding carboxylic acids is 3. The van der Waals surface area contributed by atoms with Crippen molar-refractivity contribution in [3.05, 3.63) is 54.6 Å². The first-order valence-corrected chi connectivity index (χ1v) is 15.4. The van der Waals surface area contributed by atoms with Crippen molar-refractivity contribution < 1.29 is 19.5 Å². The number of anilines is 1. The van der Waals surface area contributed by atoms with Crippen LogP contribution in [0, 0.1) is 17.8 Å². The molecular formula is C31H41N3O4S. The summed E-state index contributed by atoms with van der Waals surface area (Å²) >= 11 is 1.60. The van der Waals surface area contributed by atoms with Crippen molar-refractivity contribution in [3.63, 3.8) is 0 Å². The number of aliphatic hydroxyl groups excluding tert-OH is 1. The number of fused-ring (bicyclic) bond motifs is 2. The summed E-state index contributed by atoms with van der Waals surface area (Å²) < 4.78 is -0.858. The molecule has 1 aromatic carbocycles. The van der Waals surface area contributed by atoms with Gasteiger partial charge in [-0.05, 0) is 24.5 Å². The highest BCUT2D eigenvalue weighted by Gasteiger charge is 2.72. The number of amides is 3. The Morgan fingerprint density at radius 2 is 1.79 bits per heavy atom. The fourth-order valence-corrected chi connectivity index (χ4v) is 8.88. The van der Waals surface area contributed by atoms with E-state index in [-0.39, 0.29) is 35.5 Å². The van der Waals surface area contributed by atoms with E-state index in [2.05, 4.69) is 19.1 Å². The Kier molecular flexibility index (Phi) is 8.24. The predicted octanol–water partition coefficient (Wildman–Crippen LogP) is 3.88. The van der Waals surface area contributed by atoms with Crippen molar-refractivity contribution in [1.29, 1.82) is 0 Å². The average molecular weight is 552 g/mol. The Hall–Kier alpha value is -2.58. The van der Waals surface area contributed by atoms with E-state index in [1.165, 1.54) is 0 Å². The lowest BCUT2D eigenvalue weighted by atomic mass is 9.78. The molecule has 4 aliphatic rings. The zero-order chi connectivity index (χ0) is 27.7. The van der Waals surface area contributed by atoms with Gasteiger partial charge < -0.3 is 19.8 Å². The van der Waals surface area contributed by atoms with Crippen molar-refractivity contribution >= 4 is 35.2 Å². The summed E-state index contributed by atoms with van der Waals surface area (Å²) in [5.74, 6) is -1.57. The van der Waals surface area contributed by atoms with Crippen molar-refractivity contribution in [2.45, 2.75) is 68.5 Å². The molecule has 7 atom stereocenters. The van der Waals surface area contributed by atoms with Crippen LogP contribution in [0.4, 0.5) is 5.69 Å². The molecule has 1 aromatic rings. The first kappa shape index (κ1) is 28.0. The standard InChI is InChI=1S/C31H41N3O4S/c1-4-6-10-17-32-18-12-16-31-26(29(37)34(27(31)30(32)38)23(20-35)21(3)5-2)25-24(39-31)15-11-19-33(28(25)36)22-13-8-7-9-14-22/h7-9,11-16,21,23-27,35H,4-6,10,17-20H2,1-3H3/t21-,23-,24+,25-,26-,27?,31-/m0/s1. The molecule has 0 aliphatic carbocycles. The molecule has 0 aromatic heterocycles. The van der Waals surface area contributed by atoms with Gasteiger partial charge in [0.05, 0.1) is 29.2 Å². The van der Waals surface area contributed by atoms with Crippen molar-refractivity contribution in [1.82, 2.24) is 9.80 Å². The molecule has 4 heterocycles. The van der Waals surface area contributed by atoms with Gasteiger partial charge >= 0.3 is 0 Å². The molecule has 0 bridgehead atoms. The molecule has 8 heteroatoms. The smallest absolute Gasteiger partial charge is 0.247 e. The fourth-order valence-electron chi connectivity index (χ4n) is 6.89. The second-order valence-corrected chi connectivity index (χ2v) is 12.8. The van der Waals surface area contributed by atoms with E-state index >= 15 is 0 Å². The van der Waals surface area contributed by atoms with Crippen LogP contribution < -0.4 is 4.90 Å². The summed E-state index contributed by atoms with van der Waals surface area (Å²) in [5.41, 5.74) is 0.806. The number of hydrogen-bond acceptors (Lipinski definition) is 5. The summed E-state index contributed by atoms with van der Waals surface area (Å²) in [5, 5.41) is 10.3. The van der Waals surface area contributed by atoms with Gasteiger partial charge in [0.15, 0.2) is 0 Å². The summed E-state index contributed by atoms with van der Waals surface area (Å²) in [4.78, 5) is 48.5. The van der Waals surface area contributed by atoms with Gasteiger partial charge in [-0.3, -0.25) is 14.4 Å². The van der Waals surface area contributed by atoms with E-state index in [1.807, 2.05) is 61.2 Å². The molecule has 0 saturated carbocycles. The van der Waals surface area contributed by atoms with E-state index in [9.17, 15) is 19.5 Å². The van der Waals surface area contributed by atoms with Crippen LogP contribution in [0.3, 0.4) is 0 Å². The van der Waals surface area contributed by atoms with Crippen LogP contribution >= 0.6 is 11.8 Å². The van der Waals surface area contributed by atoms with Crippen molar-refractivity contribution in [2.24, 2.45) is 17.8 Å². The first-order chi connectivity index (χ1) is 18.9. The molecule has 39 heavy (non-hydrogen) atoms. The van der Waals surface area contributed by atoms with Crippen LogP contribution in [0.2, 0.25) is 0 Å². The molecule has 1 spiro atoms. The molecule has 5 rings (SSSR count). The van der Waals surface area contributed by atoms with Gasteiger partial charge in [-0.25, -0.2) is 0 Å². The Morgan fingerprint density at radius 3 is 2.49 bits per heavy atom. The van der Waals surface area contributed by atoms with Gasteiger partial charge in [0.1, 0.15) is 6.04 Å². The number of benzene rings is 1. The summed E-state index contributed by atoms with van der Waals surface area (Å²) in [6.07, 6.45) is 12.0. The lowest BCUT2D eigenvalue weighted by Gasteiger charge is -2.40. The molecule has 0 radical (unpaired) electrons. The third-order valence-electron chi connectivity index (χ3n) is 9.12. The Bertz CT molecular complexity index is 1140. The average Bonchev–Trinajstić information content (AvgIpc) is 3.26. The van der Waals surface area contributed by atoms with Gasteiger partial charge in [0.25, 0.3) is 0 Å². The van der Waals surface area contributed by atoms with E-state index in [0.717, 1.165) is 31.4 Å². The quantitative estimate of drug-likeness (QED) is 0.372. The number of aliphatic hydroxyl groups is 1. The number of carbonyl (C=O) groups is 3. The predicted molar refractivity (Wildman–Crippen MR) is 155 cm³/mol. The highest BCUT2D eigenvalue weighted by molar-refractivity contribution is 8.02. The molecule has 1 unspecified atom stereocenters. The number of hydrogen-bond donors (Lipinski definition) is 1. The van der Waals surface area contributed by atoms with Gasteiger partial charge in [0.2, 0.25) is 17.7 Å². The first-order valence-electron chi connectivity index (χ1n) is 14.5. The van der Waals surface area contributed by atoms with Crippen molar-refractivity contribution in [3.8, 4) is 0 Å². The molecule has 7 nitrogen and oxygen atoms in total. The molecule has 2 fully saturated rings. The minimum atomic E-state index is -0.858. The van der Waals surface area contributed by atoms with Crippen molar-refractivity contribution in [2.75, 3.05) is 31.1 Å². The second kappa shape index (κ2) is 11.5. The number of rotatable bonds is 9. The van der Waals surface area contributed by atoms with E-state index < -0.39 is 28.7 Å². The fraction of sp³-hybridized carbons (Fsp3) is 0.581. The molecular weight excluding hydrogens is 510 g/mol. The maximum atomic E-state index is 14.6. The third kappa shape index (κ3) is 4.63. The monoisotopic (exact) mass is 551 g/mol. The summed E-state index contributed by atoms with van der Waals surface area (Å²) in [7, 11) is 0. The van der Waals surface area contributed by atoms with Gasteiger partial charge in [-0.1, -0.05) is 82.5 Å².